The van der Waals surface area contributed by atoms with Crippen LogP contribution < -0.4 is 5.32 Å². The van der Waals surface area contributed by atoms with Crippen molar-refractivity contribution in [2.24, 2.45) is 0 Å². The number of hydrogen-bond donors (Lipinski definition) is 3. The van der Waals surface area contributed by atoms with E-state index < -0.39 is 12.1 Å². The molecule has 0 radical (unpaired) electrons. The zero-order valence-electron chi connectivity index (χ0n) is 48.2. The number of rotatable bonds is 61. The monoisotopic (exact) mass is 1000 g/mol. The van der Waals surface area contributed by atoms with Gasteiger partial charge in [0, 0.05) is 12.8 Å². The average Bonchev–Trinajstić information content (AvgIpc) is 3.37. The third-order valence-electron chi connectivity index (χ3n) is 15.3. The maximum absolute atomic E-state index is 12.5. The van der Waals surface area contributed by atoms with E-state index in [2.05, 4.69) is 31.3 Å². The fourth-order valence-corrected chi connectivity index (χ4v) is 10.3. The summed E-state index contributed by atoms with van der Waals surface area (Å²) in [6.45, 7) is 4.97. The van der Waals surface area contributed by atoms with Crippen LogP contribution in [-0.2, 0) is 14.3 Å². The lowest BCUT2D eigenvalue weighted by Crippen LogP contribution is -2.45. The maximum Gasteiger partial charge on any atom is 0.305 e. The van der Waals surface area contributed by atoms with Crippen LogP contribution in [0, 0.1) is 0 Å². The number of carbonyl (C=O) groups excluding carboxylic acids is 2. The Morgan fingerprint density at radius 3 is 1.00 bits per heavy atom. The topological polar surface area (TPSA) is 95.9 Å². The van der Waals surface area contributed by atoms with E-state index >= 15 is 0 Å². The Kier molecular flexibility index (Phi) is 59.9. The van der Waals surface area contributed by atoms with E-state index in [9.17, 15) is 19.8 Å². The Bertz CT molecular complexity index is 1060. The summed E-state index contributed by atoms with van der Waals surface area (Å²) >= 11 is 0. The van der Waals surface area contributed by atoms with Crippen LogP contribution in [0.15, 0.2) is 12.2 Å². The second-order valence-corrected chi connectivity index (χ2v) is 22.5. The van der Waals surface area contributed by atoms with Crippen LogP contribution in [0.5, 0.6) is 0 Å². The number of aliphatic hydroxyl groups is 2. The smallest absolute Gasteiger partial charge is 0.305 e. The van der Waals surface area contributed by atoms with Gasteiger partial charge in [0.2, 0.25) is 5.91 Å². The molecule has 0 saturated carbocycles. The molecule has 0 heterocycles. The summed E-state index contributed by atoms with van der Waals surface area (Å²) in [5.41, 5.74) is 0. The fraction of sp³-hybridized carbons (Fsp3) is 0.938. The average molecular weight is 1000 g/mol. The number of unbranched alkanes of at least 4 members (excludes halogenated alkanes) is 48. The minimum Gasteiger partial charge on any atom is -0.466 e. The quantitative estimate of drug-likeness (QED) is 0.0320. The number of ether oxygens (including phenoxy) is 1. The van der Waals surface area contributed by atoms with E-state index in [1.54, 1.807) is 0 Å². The molecule has 6 heteroatoms. The van der Waals surface area contributed by atoms with Gasteiger partial charge in [-0.15, -0.1) is 0 Å². The van der Waals surface area contributed by atoms with Crippen LogP contribution in [0.4, 0.5) is 0 Å². The Hall–Kier alpha value is -1.40. The minimum absolute atomic E-state index is 0.00626. The lowest BCUT2D eigenvalue weighted by Gasteiger charge is -2.22. The number of esters is 1. The molecule has 0 spiro atoms. The molecule has 3 N–H and O–H groups in total. The molecule has 0 fully saturated rings. The molecule has 0 aliphatic heterocycles. The van der Waals surface area contributed by atoms with E-state index in [1.807, 2.05) is 0 Å². The van der Waals surface area contributed by atoms with Gasteiger partial charge in [-0.25, -0.2) is 0 Å². The normalized spacial score (nSPS) is 12.6. The van der Waals surface area contributed by atoms with Crippen LogP contribution in [-0.4, -0.2) is 47.4 Å². The highest BCUT2D eigenvalue weighted by atomic mass is 16.5. The van der Waals surface area contributed by atoms with Gasteiger partial charge in [-0.3, -0.25) is 9.59 Å². The van der Waals surface area contributed by atoms with Crippen molar-refractivity contribution in [3.05, 3.63) is 12.2 Å². The van der Waals surface area contributed by atoms with Crippen molar-refractivity contribution in [1.29, 1.82) is 0 Å². The third-order valence-corrected chi connectivity index (χ3v) is 15.3. The van der Waals surface area contributed by atoms with Gasteiger partial charge in [0.1, 0.15) is 0 Å². The summed E-state index contributed by atoms with van der Waals surface area (Å²) in [4.78, 5) is 24.6. The first-order valence-corrected chi connectivity index (χ1v) is 32.4. The number of hydrogen-bond acceptors (Lipinski definition) is 5. The second kappa shape index (κ2) is 61.1. The molecule has 0 bridgehead atoms. The van der Waals surface area contributed by atoms with E-state index in [0.29, 0.717) is 25.9 Å². The molecule has 0 aliphatic carbocycles. The van der Waals surface area contributed by atoms with Crippen molar-refractivity contribution in [2.75, 3.05) is 13.2 Å². The SMILES string of the molecule is CCCCCCCC/C=C\CCCCCCCC(=O)OCCCCCCCCCCCCCCCCCCCCCCCCC(=O)NC(CO)C(O)CCCCCCCCCCCCCCCCCCC. The Morgan fingerprint density at radius 1 is 0.380 bits per heavy atom. The van der Waals surface area contributed by atoms with Crippen LogP contribution >= 0.6 is 0 Å². The molecule has 0 aromatic rings. The zero-order chi connectivity index (χ0) is 51.4. The molecule has 0 saturated heterocycles. The zero-order valence-corrected chi connectivity index (χ0v) is 48.2. The van der Waals surface area contributed by atoms with E-state index in [-0.39, 0.29) is 18.5 Å². The number of amides is 1. The molecule has 0 aromatic heterocycles. The highest BCUT2D eigenvalue weighted by Gasteiger charge is 2.20. The molecule has 1 amide bonds. The van der Waals surface area contributed by atoms with Gasteiger partial charge in [0.25, 0.3) is 0 Å². The summed E-state index contributed by atoms with van der Waals surface area (Å²) in [5.74, 6) is -0.0256. The van der Waals surface area contributed by atoms with Gasteiger partial charge < -0.3 is 20.3 Å². The molecule has 0 aromatic carbocycles. The van der Waals surface area contributed by atoms with Gasteiger partial charge in [-0.2, -0.15) is 0 Å². The lowest BCUT2D eigenvalue weighted by molar-refractivity contribution is -0.143. The first kappa shape index (κ1) is 69.6. The lowest BCUT2D eigenvalue weighted by atomic mass is 10.0. The van der Waals surface area contributed by atoms with Gasteiger partial charge in [0.15, 0.2) is 0 Å². The van der Waals surface area contributed by atoms with Gasteiger partial charge in [-0.1, -0.05) is 315 Å². The van der Waals surface area contributed by atoms with Gasteiger partial charge in [-0.05, 0) is 51.4 Å². The number of allylic oxidation sites excluding steroid dienone is 2. The molecular weight excluding hydrogens is 875 g/mol. The Morgan fingerprint density at radius 2 is 0.662 bits per heavy atom. The third kappa shape index (κ3) is 57.7. The highest BCUT2D eigenvalue weighted by molar-refractivity contribution is 5.76. The number of aliphatic hydroxyl groups excluding tert-OH is 2. The summed E-state index contributed by atoms with van der Waals surface area (Å²) in [5, 5.41) is 23.3. The molecular formula is C65H127NO5. The van der Waals surface area contributed by atoms with E-state index in [4.69, 9.17) is 4.74 Å². The Balaban J connectivity index is 3.37. The highest BCUT2D eigenvalue weighted by Crippen LogP contribution is 2.18. The van der Waals surface area contributed by atoms with Crippen molar-refractivity contribution >= 4 is 11.9 Å². The molecule has 2 unspecified atom stereocenters. The number of carbonyl (C=O) groups is 2. The maximum atomic E-state index is 12.5. The van der Waals surface area contributed by atoms with Crippen molar-refractivity contribution in [2.45, 2.75) is 379 Å². The summed E-state index contributed by atoms with van der Waals surface area (Å²) in [7, 11) is 0. The van der Waals surface area contributed by atoms with Gasteiger partial charge >= 0.3 is 5.97 Å². The first-order chi connectivity index (χ1) is 35.0. The van der Waals surface area contributed by atoms with E-state index in [0.717, 1.165) is 44.9 Å². The standard InChI is InChI=1S/C65H127NO5/c1-3-5-7-9-11-13-15-17-19-26-30-33-37-41-45-49-53-57-63(68)62(61-67)66-64(69)58-54-50-46-42-38-34-31-27-24-22-20-21-23-25-28-32-36-40-44-48-52-56-60-71-65(70)59-55-51-47-43-39-35-29-18-16-14-12-10-8-6-4-2/h18,29,62-63,67-68H,3-17,19-28,30-61H2,1-2H3,(H,66,69)/b29-18-. The van der Waals surface area contributed by atoms with Crippen LogP contribution in [0.25, 0.3) is 0 Å². The molecule has 0 rings (SSSR count). The fourth-order valence-electron chi connectivity index (χ4n) is 10.3. The first-order valence-electron chi connectivity index (χ1n) is 32.4. The van der Waals surface area contributed by atoms with Crippen molar-refractivity contribution in [3.8, 4) is 0 Å². The van der Waals surface area contributed by atoms with Gasteiger partial charge in [0.05, 0.1) is 25.4 Å². The minimum atomic E-state index is -0.664. The molecule has 6 nitrogen and oxygen atoms in total. The Labute approximate surface area is 444 Å². The molecule has 71 heavy (non-hydrogen) atoms. The number of nitrogens with one attached hydrogen (secondary N) is 1. The van der Waals surface area contributed by atoms with Crippen LogP contribution in [0.2, 0.25) is 0 Å². The van der Waals surface area contributed by atoms with Crippen molar-refractivity contribution in [1.82, 2.24) is 5.32 Å². The predicted octanol–water partition coefficient (Wildman–Crippen LogP) is 20.4. The van der Waals surface area contributed by atoms with Crippen molar-refractivity contribution < 1.29 is 24.5 Å². The summed E-state index contributed by atoms with van der Waals surface area (Å²) < 4.78 is 5.49. The van der Waals surface area contributed by atoms with E-state index in [1.165, 1.54) is 289 Å². The molecule has 2 atom stereocenters. The molecule has 0 aliphatic rings. The second-order valence-electron chi connectivity index (χ2n) is 22.5. The summed E-state index contributed by atoms with van der Waals surface area (Å²) in [6, 6.07) is -0.541. The molecule has 422 valence electrons. The van der Waals surface area contributed by atoms with Crippen molar-refractivity contribution in [3.63, 3.8) is 0 Å². The largest absolute Gasteiger partial charge is 0.466 e. The predicted molar refractivity (Wildman–Crippen MR) is 310 cm³/mol. The van der Waals surface area contributed by atoms with Crippen LogP contribution in [0.3, 0.4) is 0 Å². The van der Waals surface area contributed by atoms with Crippen LogP contribution in [0.1, 0.15) is 367 Å². The summed E-state index contributed by atoms with van der Waals surface area (Å²) in [6.07, 6.45) is 73.7.